The van der Waals surface area contributed by atoms with Gasteiger partial charge in [-0.05, 0) is 12.5 Å². The van der Waals surface area contributed by atoms with Gasteiger partial charge in [0.25, 0.3) is 0 Å². The zero-order chi connectivity index (χ0) is 17.5. The van der Waals surface area contributed by atoms with Gasteiger partial charge in [0, 0.05) is 19.8 Å². The van der Waals surface area contributed by atoms with Crippen LogP contribution >= 0.6 is 0 Å². The maximum Gasteiger partial charge on any atom is 0.239 e. The number of carbonyl (C=O) groups excluding carboxylic acids is 2. The third-order valence-corrected chi connectivity index (χ3v) is 4.27. The van der Waals surface area contributed by atoms with Crippen molar-refractivity contribution >= 4 is 23.2 Å². The Morgan fingerprint density at radius 3 is 2.29 bits per heavy atom. The first-order valence-corrected chi connectivity index (χ1v) is 7.81. The molecule has 2 heterocycles. The molecule has 126 valence electrons. The monoisotopic (exact) mass is 328 g/mol. The molecule has 0 saturated carbocycles. The molecule has 2 atom stereocenters. The first-order chi connectivity index (χ1) is 11.3. The number of hydrazone groups is 2. The summed E-state index contributed by atoms with van der Waals surface area (Å²) in [4.78, 5) is 23.4. The van der Waals surface area contributed by atoms with Gasteiger partial charge in [-0.2, -0.15) is 10.2 Å². The Kier molecular flexibility index (Phi) is 3.96. The zero-order valence-electron chi connectivity index (χ0n) is 13.9. The van der Waals surface area contributed by atoms with E-state index in [4.69, 9.17) is 0 Å². The summed E-state index contributed by atoms with van der Waals surface area (Å²) in [5.74, 6) is -0.608. The third-order valence-electron chi connectivity index (χ3n) is 4.27. The van der Waals surface area contributed by atoms with Crippen LogP contribution in [-0.2, 0) is 9.59 Å². The van der Waals surface area contributed by atoms with E-state index in [-0.39, 0.29) is 24.3 Å². The number of aliphatic hydroxyl groups is 1. The van der Waals surface area contributed by atoms with Crippen molar-refractivity contribution in [3.63, 3.8) is 0 Å². The first kappa shape index (κ1) is 16.3. The lowest BCUT2D eigenvalue weighted by atomic mass is 9.86. The fraction of sp³-hybridized carbons (Fsp3) is 0.412. The number of nitrogens with zero attached hydrogens (tertiary/aromatic N) is 4. The van der Waals surface area contributed by atoms with E-state index in [9.17, 15) is 14.7 Å². The molecule has 0 aromatic heterocycles. The van der Waals surface area contributed by atoms with Gasteiger partial charge in [-0.3, -0.25) is 9.59 Å². The van der Waals surface area contributed by atoms with Gasteiger partial charge in [-0.25, -0.2) is 10.0 Å². The van der Waals surface area contributed by atoms with Gasteiger partial charge in [-0.15, -0.1) is 0 Å². The minimum absolute atomic E-state index is 0.0816. The fourth-order valence-corrected chi connectivity index (χ4v) is 3.00. The summed E-state index contributed by atoms with van der Waals surface area (Å²) >= 11 is 0. The van der Waals surface area contributed by atoms with Crippen LogP contribution in [0.1, 0.15) is 32.3 Å². The summed E-state index contributed by atoms with van der Waals surface area (Å²) in [6.45, 7) is 4.93. The van der Waals surface area contributed by atoms with Crippen molar-refractivity contribution in [2.45, 2.75) is 32.3 Å². The molecule has 2 aliphatic heterocycles. The van der Waals surface area contributed by atoms with Crippen LogP contribution in [0, 0.1) is 0 Å². The van der Waals surface area contributed by atoms with E-state index in [1.165, 1.54) is 23.9 Å². The van der Waals surface area contributed by atoms with Crippen molar-refractivity contribution in [2.24, 2.45) is 10.2 Å². The standard InChI is InChI=1S/C17H20N4O3/c1-11(22)20-9-14(13-7-5-4-6-8-13)15(18-20)16-17(3,24)10-21(19-16)12(2)23/h4-8,14,24H,9-10H2,1-3H3. The lowest BCUT2D eigenvalue weighted by molar-refractivity contribution is -0.130. The van der Waals surface area contributed by atoms with E-state index in [0.717, 1.165) is 5.56 Å². The summed E-state index contributed by atoms with van der Waals surface area (Å²) in [7, 11) is 0. The second-order valence-corrected chi connectivity index (χ2v) is 6.35. The molecule has 0 bridgehead atoms. The highest BCUT2D eigenvalue weighted by atomic mass is 16.3. The number of hydrogen-bond donors (Lipinski definition) is 1. The fourth-order valence-electron chi connectivity index (χ4n) is 3.00. The van der Waals surface area contributed by atoms with Crippen LogP contribution in [0.5, 0.6) is 0 Å². The third kappa shape index (κ3) is 2.82. The van der Waals surface area contributed by atoms with Crippen LogP contribution < -0.4 is 0 Å². The Morgan fingerprint density at radius 1 is 1.12 bits per heavy atom. The normalized spacial score (nSPS) is 26.4. The van der Waals surface area contributed by atoms with Gasteiger partial charge >= 0.3 is 0 Å². The molecular formula is C17H20N4O3. The molecule has 0 radical (unpaired) electrons. The Bertz CT molecular complexity index is 739. The molecule has 0 spiro atoms. The van der Waals surface area contributed by atoms with Crippen LogP contribution in [0.2, 0.25) is 0 Å². The van der Waals surface area contributed by atoms with E-state index in [1.807, 2.05) is 30.3 Å². The molecule has 1 aromatic rings. The molecule has 0 aliphatic carbocycles. The topological polar surface area (TPSA) is 85.6 Å². The quantitative estimate of drug-likeness (QED) is 0.877. The molecule has 7 heteroatoms. The second kappa shape index (κ2) is 5.83. The summed E-state index contributed by atoms with van der Waals surface area (Å²) in [6.07, 6.45) is 0. The Hall–Kier alpha value is -2.54. The van der Waals surface area contributed by atoms with Crippen molar-refractivity contribution < 1.29 is 14.7 Å². The highest BCUT2D eigenvalue weighted by Gasteiger charge is 2.45. The highest BCUT2D eigenvalue weighted by molar-refractivity contribution is 6.48. The van der Waals surface area contributed by atoms with E-state index >= 15 is 0 Å². The van der Waals surface area contributed by atoms with Crippen LogP contribution in [0.25, 0.3) is 0 Å². The maximum absolute atomic E-state index is 11.8. The van der Waals surface area contributed by atoms with Gasteiger partial charge in [0.1, 0.15) is 11.3 Å². The molecule has 24 heavy (non-hydrogen) atoms. The minimum Gasteiger partial charge on any atom is -0.382 e. The molecule has 1 aromatic carbocycles. The van der Waals surface area contributed by atoms with E-state index < -0.39 is 5.60 Å². The first-order valence-electron chi connectivity index (χ1n) is 7.81. The Labute approximate surface area is 140 Å². The molecule has 2 amide bonds. The van der Waals surface area contributed by atoms with E-state index in [1.54, 1.807) is 6.92 Å². The molecule has 7 nitrogen and oxygen atoms in total. The smallest absolute Gasteiger partial charge is 0.239 e. The molecule has 2 unspecified atom stereocenters. The lowest BCUT2D eigenvalue weighted by Gasteiger charge is -2.21. The zero-order valence-corrected chi connectivity index (χ0v) is 13.9. The minimum atomic E-state index is -1.30. The molecule has 2 aliphatic rings. The Morgan fingerprint density at radius 2 is 1.75 bits per heavy atom. The summed E-state index contributed by atoms with van der Waals surface area (Å²) in [6, 6.07) is 9.66. The van der Waals surface area contributed by atoms with Gasteiger partial charge < -0.3 is 5.11 Å². The van der Waals surface area contributed by atoms with Crippen molar-refractivity contribution in [1.82, 2.24) is 10.0 Å². The van der Waals surface area contributed by atoms with Crippen LogP contribution in [-0.4, -0.2) is 57.1 Å². The van der Waals surface area contributed by atoms with Gasteiger partial charge in [0.2, 0.25) is 11.8 Å². The number of hydrogen-bond acceptors (Lipinski definition) is 5. The highest BCUT2D eigenvalue weighted by Crippen LogP contribution is 2.31. The number of benzene rings is 1. The number of amides is 2. The molecule has 0 fully saturated rings. The van der Waals surface area contributed by atoms with Gasteiger partial charge in [0.15, 0.2) is 0 Å². The average Bonchev–Trinajstić information content (AvgIpc) is 3.09. The van der Waals surface area contributed by atoms with Crippen LogP contribution in [0.15, 0.2) is 40.5 Å². The predicted molar refractivity (Wildman–Crippen MR) is 89.5 cm³/mol. The van der Waals surface area contributed by atoms with Crippen LogP contribution in [0.4, 0.5) is 0 Å². The van der Waals surface area contributed by atoms with Crippen LogP contribution in [0.3, 0.4) is 0 Å². The number of rotatable bonds is 2. The lowest BCUT2D eigenvalue weighted by Crippen LogP contribution is -2.43. The van der Waals surface area contributed by atoms with Crippen molar-refractivity contribution in [2.75, 3.05) is 13.1 Å². The average molecular weight is 328 g/mol. The summed E-state index contributed by atoms with van der Waals surface area (Å²) < 4.78 is 0. The SMILES string of the molecule is CC(=O)N1CC(c2ccccc2)C(C2=NN(C(C)=O)CC2(C)O)=N1. The molecule has 1 N–H and O–H groups in total. The van der Waals surface area contributed by atoms with Gasteiger partial charge in [-0.1, -0.05) is 30.3 Å². The second-order valence-electron chi connectivity index (χ2n) is 6.35. The maximum atomic E-state index is 11.8. The number of carbonyl (C=O) groups is 2. The summed E-state index contributed by atoms with van der Waals surface area (Å²) in [5, 5.41) is 22.0. The largest absolute Gasteiger partial charge is 0.382 e. The molecule has 3 rings (SSSR count). The molecule has 0 saturated heterocycles. The van der Waals surface area contributed by atoms with Crippen molar-refractivity contribution in [1.29, 1.82) is 0 Å². The van der Waals surface area contributed by atoms with E-state index in [0.29, 0.717) is 18.0 Å². The van der Waals surface area contributed by atoms with E-state index in [2.05, 4.69) is 10.2 Å². The van der Waals surface area contributed by atoms with Gasteiger partial charge in [0.05, 0.1) is 18.8 Å². The Balaban J connectivity index is 2.04. The van der Waals surface area contributed by atoms with Crippen molar-refractivity contribution in [3.05, 3.63) is 35.9 Å². The van der Waals surface area contributed by atoms with Crippen molar-refractivity contribution in [3.8, 4) is 0 Å². The summed E-state index contributed by atoms with van der Waals surface area (Å²) in [5.41, 5.74) is 0.560. The number of β-amino-alcohol motifs (C(OH)–C–C–N with tert-alkyl or cyclic N) is 1. The predicted octanol–water partition coefficient (Wildman–Crippen LogP) is 0.957. The molecular weight excluding hydrogens is 308 g/mol.